The van der Waals surface area contributed by atoms with Crippen LogP contribution in [0.4, 0.5) is 11.4 Å². The zero-order chi connectivity index (χ0) is 28.9. The van der Waals surface area contributed by atoms with Gasteiger partial charge in [-0.25, -0.2) is 4.98 Å². The molecule has 0 bridgehead atoms. The zero-order valence-corrected chi connectivity index (χ0v) is 27.2. The maximum absolute atomic E-state index is 10.9. The van der Waals surface area contributed by atoms with E-state index in [0.717, 1.165) is 33.4 Å². The predicted molar refractivity (Wildman–Crippen MR) is 178 cm³/mol. The monoisotopic (exact) mass is 653 g/mol. The van der Waals surface area contributed by atoms with Crippen LogP contribution in [0, 0.1) is 33.8 Å². The number of aryl methyl sites for hydroxylation is 4. The largest absolute Gasteiger partial charge is 0.542 e. The summed E-state index contributed by atoms with van der Waals surface area (Å²) in [7, 11) is 1.92. The third-order valence-electron chi connectivity index (χ3n) is 6.08. The van der Waals surface area contributed by atoms with Gasteiger partial charge in [0.1, 0.15) is 0 Å². The molecule has 0 spiro atoms. The molecule has 1 aromatic heterocycles. The molecule has 5 aromatic rings. The van der Waals surface area contributed by atoms with E-state index in [1.54, 1.807) is 6.33 Å². The molecule has 2 heterocycles. The first-order valence-electron chi connectivity index (χ1n) is 13.1. The van der Waals surface area contributed by atoms with Crippen molar-refractivity contribution in [1.82, 2.24) is 9.97 Å². The van der Waals surface area contributed by atoms with Gasteiger partial charge in [-0.2, -0.15) is 35.4 Å². The molecule has 225 valence electrons. The van der Waals surface area contributed by atoms with Crippen molar-refractivity contribution < 1.29 is 42.3 Å². The molecule has 1 aliphatic rings. The molecular formula is C36H44N4O2Y-2. The standard InChI is InChI=1S/C9H9NO.C9H8O.C8H8N2.C8H11N.2CH4.Y/c1-6-2-3-8-7(4-6)5-9(11)10-8;1-8-3-2-4-9(7-8)5-6-10;1-6-2-3-7-8(4-6)10-5-9-7;1-7-3-5-8(9-2)6-4-7;;;/h2-4H,5H2,1H3,(H,10,11);2-3,7H,5H2,1H3;2-5H,1H3,(H,9,10);3-6,9H,1-2H3;2*1H4;/q;-2;;;;;. The number of anilines is 2. The van der Waals surface area contributed by atoms with Gasteiger partial charge in [0.05, 0.1) is 23.8 Å². The summed E-state index contributed by atoms with van der Waals surface area (Å²) in [5, 5.41) is 5.84. The number of hydrogen-bond donors (Lipinski definition) is 3. The number of imidazole rings is 1. The normalized spacial score (nSPS) is 10.2. The smallest absolute Gasteiger partial charge is 0.228 e. The second-order valence-corrected chi connectivity index (χ2v) is 9.64. The number of aromatic nitrogens is 2. The number of benzene rings is 4. The van der Waals surface area contributed by atoms with Gasteiger partial charge >= 0.3 is 0 Å². The van der Waals surface area contributed by atoms with Crippen LogP contribution in [0.3, 0.4) is 0 Å². The molecule has 1 aliphatic heterocycles. The van der Waals surface area contributed by atoms with E-state index in [0.29, 0.717) is 12.8 Å². The van der Waals surface area contributed by atoms with Crippen LogP contribution in [0.25, 0.3) is 11.0 Å². The summed E-state index contributed by atoms with van der Waals surface area (Å²) in [5.41, 5.74) is 11.2. The minimum Gasteiger partial charge on any atom is -0.542 e. The summed E-state index contributed by atoms with van der Waals surface area (Å²) >= 11 is 0. The molecule has 4 aromatic carbocycles. The van der Waals surface area contributed by atoms with E-state index >= 15 is 0 Å². The maximum atomic E-state index is 10.9. The van der Waals surface area contributed by atoms with Gasteiger partial charge in [-0.3, -0.25) is 11.1 Å². The Morgan fingerprint density at radius 2 is 1.49 bits per heavy atom. The van der Waals surface area contributed by atoms with Crippen molar-refractivity contribution in [3.63, 3.8) is 0 Å². The van der Waals surface area contributed by atoms with Crippen LogP contribution in [0.5, 0.6) is 0 Å². The fraction of sp³-hybridized carbons (Fsp3) is 0.250. The topological polar surface area (TPSA) is 86.9 Å². The van der Waals surface area contributed by atoms with E-state index in [9.17, 15) is 9.59 Å². The molecule has 6 rings (SSSR count). The Bertz CT molecular complexity index is 1550. The van der Waals surface area contributed by atoms with Gasteiger partial charge < -0.3 is 20.4 Å². The fourth-order valence-corrected chi connectivity index (χ4v) is 3.95. The van der Waals surface area contributed by atoms with Crippen molar-refractivity contribution >= 4 is 34.6 Å². The first-order valence-corrected chi connectivity index (χ1v) is 13.1. The Balaban J connectivity index is 0.000000536. The molecule has 0 saturated carbocycles. The molecule has 7 heteroatoms. The molecule has 0 saturated heterocycles. The molecule has 0 unspecified atom stereocenters. The maximum Gasteiger partial charge on any atom is 0.228 e. The number of hydrogen-bond acceptors (Lipinski definition) is 4. The van der Waals surface area contributed by atoms with Gasteiger partial charge in [0.2, 0.25) is 5.91 Å². The fourth-order valence-electron chi connectivity index (χ4n) is 3.95. The number of rotatable bonds is 3. The second-order valence-electron chi connectivity index (χ2n) is 9.64. The van der Waals surface area contributed by atoms with Gasteiger partial charge in [0.15, 0.2) is 0 Å². The Morgan fingerprint density at radius 1 is 0.860 bits per heavy atom. The van der Waals surface area contributed by atoms with Crippen molar-refractivity contribution in [2.45, 2.75) is 55.4 Å². The van der Waals surface area contributed by atoms with Crippen molar-refractivity contribution in [3.05, 3.63) is 125 Å². The SMILES string of the molecule is C.C.CNc1ccc(C)cc1.Cc1cc[c-]c(C[C-]=O)c1.Cc1ccc2c(c1)CC(=O)N2.Cc1ccc2nc[nH]c2c1.[Y]. The van der Waals surface area contributed by atoms with Crippen LogP contribution in [0.2, 0.25) is 0 Å². The number of aromatic amines is 1. The van der Waals surface area contributed by atoms with Gasteiger partial charge in [-0.05, 0) is 62.2 Å². The van der Waals surface area contributed by atoms with Crippen LogP contribution in [0.1, 0.15) is 48.2 Å². The van der Waals surface area contributed by atoms with Gasteiger partial charge in [-0.15, -0.1) is 6.42 Å². The quantitative estimate of drug-likeness (QED) is 0.172. The van der Waals surface area contributed by atoms with Gasteiger partial charge in [-0.1, -0.05) is 63.2 Å². The molecule has 43 heavy (non-hydrogen) atoms. The van der Waals surface area contributed by atoms with E-state index in [1.165, 1.54) is 22.4 Å². The van der Waals surface area contributed by atoms with E-state index < -0.39 is 0 Å². The molecule has 0 fully saturated rings. The Labute approximate surface area is 283 Å². The van der Waals surface area contributed by atoms with Crippen molar-refractivity contribution in [2.75, 3.05) is 17.7 Å². The van der Waals surface area contributed by atoms with Crippen molar-refractivity contribution in [1.29, 1.82) is 0 Å². The van der Waals surface area contributed by atoms with E-state index in [2.05, 4.69) is 76.9 Å². The Morgan fingerprint density at radius 3 is 2.14 bits per heavy atom. The number of H-pyrrole nitrogens is 1. The number of carbonyl (C=O) groups excluding carboxylic acids is 2. The Hall–Kier alpha value is -3.61. The van der Waals surface area contributed by atoms with Crippen LogP contribution in [-0.4, -0.2) is 29.2 Å². The minimum absolute atomic E-state index is 0. The number of amides is 1. The molecule has 0 aliphatic carbocycles. The number of carbonyl (C=O) groups is 1. The second kappa shape index (κ2) is 20.3. The molecule has 6 nitrogen and oxygen atoms in total. The van der Waals surface area contributed by atoms with Crippen LogP contribution in [-0.2, 0) is 55.1 Å². The molecule has 0 atom stereocenters. The van der Waals surface area contributed by atoms with E-state index in [4.69, 9.17) is 0 Å². The van der Waals surface area contributed by atoms with E-state index in [1.807, 2.05) is 69.6 Å². The summed E-state index contributed by atoms with van der Waals surface area (Å²) in [6.07, 6.45) is 4.43. The first-order chi connectivity index (χ1) is 19.3. The molecular weight excluding hydrogens is 609 g/mol. The average molecular weight is 654 g/mol. The predicted octanol–water partition coefficient (Wildman–Crippen LogP) is 8.11. The summed E-state index contributed by atoms with van der Waals surface area (Å²) in [6, 6.07) is 29.1. The van der Waals surface area contributed by atoms with Gasteiger partial charge in [0, 0.05) is 51.1 Å². The van der Waals surface area contributed by atoms with Crippen molar-refractivity contribution in [2.24, 2.45) is 0 Å². The molecule has 1 radical (unpaired) electrons. The summed E-state index contributed by atoms with van der Waals surface area (Å²) in [6.45, 7) is 8.17. The summed E-state index contributed by atoms with van der Waals surface area (Å²) in [4.78, 5) is 28.0. The van der Waals surface area contributed by atoms with Crippen LogP contribution >= 0.6 is 0 Å². The third-order valence-corrected chi connectivity index (χ3v) is 6.08. The third kappa shape index (κ3) is 13.5. The van der Waals surface area contributed by atoms with Crippen LogP contribution in [0.15, 0.2) is 85.2 Å². The number of nitrogens with one attached hydrogen (secondary N) is 3. The minimum atomic E-state index is 0. The van der Waals surface area contributed by atoms with Crippen molar-refractivity contribution in [3.8, 4) is 0 Å². The molecule has 1 amide bonds. The number of fused-ring (bicyclic) bond motifs is 2. The Kier molecular flexibility index (Phi) is 18.6. The van der Waals surface area contributed by atoms with Gasteiger partial charge in [0.25, 0.3) is 0 Å². The van der Waals surface area contributed by atoms with E-state index in [-0.39, 0.29) is 53.5 Å². The zero-order valence-electron chi connectivity index (χ0n) is 24.3. The first kappa shape index (κ1) is 39.4. The number of nitrogens with zero attached hydrogens (tertiary/aromatic N) is 1. The van der Waals surface area contributed by atoms with Crippen LogP contribution < -0.4 is 10.6 Å². The summed E-state index contributed by atoms with van der Waals surface area (Å²) < 4.78 is 0. The molecule has 3 N–H and O–H groups in total. The average Bonchev–Trinajstić information content (AvgIpc) is 3.55. The summed E-state index contributed by atoms with van der Waals surface area (Å²) in [5.74, 6) is 0.102.